The molecule has 0 radical (unpaired) electrons. The van der Waals surface area contributed by atoms with Gasteiger partial charge in [-0.25, -0.2) is 0 Å². The number of carbonyl (C=O) groups is 1. The second-order valence-corrected chi connectivity index (χ2v) is 5.23. The van der Waals surface area contributed by atoms with Gasteiger partial charge >= 0.3 is 0 Å². The molecule has 2 rings (SSSR count). The smallest absolute Gasteiger partial charge is 0.129 e. The number of hydrogen-bond acceptors (Lipinski definition) is 4. The first-order valence-corrected chi connectivity index (χ1v) is 6.05. The number of ether oxygens (including phenoxy) is 2. The maximum atomic E-state index is 11.2. The molecule has 2 aliphatic heterocycles. The molecule has 92 valence electrons. The molecule has 0 spiro atoms. The van der Waals surface area contributed by atoms with E-state index in [9.17, 15) is 4.79 Å². The Bertz CT molecular complexity index is 241. The monoisotopic (exact) mass is 227 g/mol. The molecule has 0 bridgehead atoms. The van der Waals surface area contributed by atoms with Gasteiger partial charge < -0.3 is 14.3 Å². The van der Waals surface area contributed by atoms with Crippen molar-refractivity contribution < 1.29 is 14.3 Å². The Kier molecular flexibility index (Phi) is 3.62. The Morgan fingerprint density at radius 2 is 2.06 bits per heavy atom. The summed E-state index contributed by atoms with van der Waals surface area (Å²) < 4.78 is 11.0. The van der Waals surface area contributed by atoms with E-state index in [1.807, 2.05) is 0 Å². The minimum atomic E-state index is -0.267. The van der Waals surface area contributed by atoms with Crippen LogP contribution in [0.4, 0.5) is 0 Å². The lowest BCUT2D eigenvalue weighted by atomic mass is 9.88. The van der Waals surface area contributed by atoms with Gasteiger partial charge in [-0.1, -0.05) is 0 Å². The minimum Gasteiger partial charge on any atom is -0.380 e. The van der Waals surface area contributed by atoms with E-state index in [-0.39, 0.29) is 17.6 Å². The summed E-state index contributed by atoms with van der Waals surface area (Å²) in [5.41, 5.74) is -0.267. The molecular weight excluding hydrogens is 206 g/mol. The van der Waals surface area contributed by atoms with Crippen molar-refractivity contribution in [2.75, 3.05) is 32.8 Å². The Labute approximate surface area is 96.9 Å². The fourth-order valence-corrected chi connectivity index (χ4v) is 2.74. The number of nitrogens with zero attached hydrogens (tertiary/aromatic N) is 1. The normalized spacial score (nSPS) is 41.1. The summed E-state index contributed by atoms with van der Waals surface area (Å²) in [6.07, 6.45) is 2.46. The fourth-order valence-electron chi connectivity index (χ4n) is 2.74. The van der Waals surface area contributed by atoms with Crippen molar-refractivity contribution in [3.05, 3.63) is 0 Å². The summed E-state index contributed by atoms with van der Waals surface area (Å²) in [5, 5.41) is 0. The molecule has 3 atom stereocenters. The van der Waals surface area contributed by atoms with Crippen LogP contribution in [-0.4, -0.2) is 56.2 Å². The minimum absolute atomic E-state index is 0.259. The molecule has 2 aliphatic rings. The van der Waals surface area contributed by atoms with E-state index in [1.54, 1.807) is 0 Å². The zero-order valence-electron chi connectivity index (χ0n) is 10.1. The maximum absolute atomic E-state index is 11.2. The van der Waals surface area contributed by atoms with Gasteiger partial charge in [-0.15, -0.1) is 0 Å². The van der Waals surface area contributed by atoms with Crippen LogP contribution in [-0.2, 0) is 14.3 Å². The van der Waals surface area contributed by atoms with Crippen LogP contribution in [0.15, 0.2) is 0 Å². The number of morpholine rings is 1. The first-order chi connectivity index (χ1) is 7.63. The molecule has 2 heterocycles. The van der Waals surface area contributed by atoms with Gasteiger partial charge in [-0.05, 0) is 20.3 Å². The fraction of sp³-hybridized carbons (Fsp3) is 0.917. The van der Waals surface area contributed by atoms with E-state index >= 15 is 0 Å². The molecule has 0 aromatic rings. The van der Waals surface area contributed by atoms with Crippen LogP contribution in [0.2, 0.25) is 0 Å². The van der Waals surface area contributed by atoms with Crippen LogP contribution >= 0.6 is 0 Å². The highest BCUT2D eigenvalue weighted by Gasteiger charge is 2.38. The summed E-state index contributed by atoms with van der Waals surface area (Å²) in [7, 11) is 0. The summed E-state index contributed by atoms with van der Waals surface area (Å²) in [5.74, 6) is 0. The average Bonchev–Trinajstić information content (AvgIpc) is 2.65. The van der Waals surface area contributed by atoms with Gasteiger partial charge in [0.2, 0.25) is 0 Å². The Balaban J connectivity index is 1.94. The highest BCUT2D eigenvalue weighted by molar-refractivity contribution is 5.60. The van der Waals surface area contributed by atoms with Crippen molar-refractivity contribution in [2.45, 2.75) is 32.5 Å². The highest BCUT2D eigenvalue weighted by atomic mass is 16.5. The van der Waals surface area contributed by atoms with Crippen LogP contribution in [0.25, 0.3) is 0 Å². The maximum Gasteiger partial charge on any atom is 0.129 e. The largest absolute Gasteiger partial charge is 0.380 e. The zero-order valence-corrected chi connectivity index (χ0v) is 10.1. The molecule has 0 N–H and O–H groups in total. The molecule has 0 aromatic heterocycles. The average molecular weight is 227 g/mol. The van der Waals surface area contributed by atoms with Crippen LogP contribution in [0.3, 0.4) is 0 Å². The molecule has 4 heteroatoms. The lowest BCUT2D eigenvalue weighted by Gasteiger charge is -2.38. The second-order valence-electron chi connectivity index (χ2n) is 5.23. The molecule has 2 fully saturated rings. The zero-order chi connectivity index (χ0) is 11.6. The van der Waals surface area contributed by atoms with Crippen LogP contribution < -0.4 is 0 Å². The summed E-state index contributed by atoms with van der Waals surface area (Å²) in [4.78, 5) is 13.6. The number of carbonyl (C=O) groups excluding carboxylic acids is 1. The molecule has 16 heavy (non-hydrogen) atoms. The molecule has 3 unspecified atom stereocenters. The lowest BCUT2D eigenvalue weighted by Crippen LogP contribution is -2.50. The Morgan fingerprint density at radius 1 is 1.38 bits per heavy atom. The van der Waals surface area contributed by atoms with Gasteiger partial charge in [0.05, 0.1) is 24.2 Å². The van der Waals surface area contributed by atoms with E-state index in [0.29, 0.717) is 13.2 Å². The summed E-state index contributed by atoms with van der Waals surface area (Å²) in [6, 6.07) is 0. The first-order valence-electron chi connectivity index (χ1n) is 6.05. The Morgan fingerprint density at radius 3 is 2.56 bits per heavy atom. The van der Waals surface area contributed by atoms with Crippen LogP contribution in [0.5, 0.6) is 0 Å². The molecule has 2 saturated heterocycles. The van der Waals surface area contributed by atoms with Gasteiger partial charge in [0.25, 0.3) is 0 Å². The van der Waals surface area contributed by atoms with E-state index in [0.717, 1.165) is 32.3 Å². The van der Waals surface area contributed by atoms with Crippen molar-refractivity contribution in [2.24, 2.45) is 5.41 Å². The quantitative estimate of drug-likeness (QED) is 0.665. The first kappa shape index (κ1) is 12.0. The predicted octanol–water partition coefficient (Wildman–Crippen LogP) is 0.701. The van der Waals surface area contributed by atoms with Crippen molar-refractivity contribution >= 4 is 6.29 Å². The van der Waals surface area contributed by atoms with Crippen molar-refractivity contribution in [1.82, 2.24) is 4.90 Å². The summed E-state index contributed by atoms with van der Waals surface area (Å²) in [6.45, 7) is 8.11. The van der Waals surface area contributed by atoms with Gasteiger partial charge in [-0.3, -0.25) is 4.90 Å². The molecular formula is C12H21NO3. The highest BCUT2D eigenvalue weighted by Crippen LogP contribution is 2.28. The van der Waals surface area contributed by atoms with Crippen molar-refractivity contribution in [3.8, 4) is 0 Å². The molecule has 0 aliphatic carbocycles. The van der Waals surface area contributed by atoms with Crippen molar-refractivity contribution in [1.29, 1.82) is 0 Å². The topological polar surface area (TPSA) is 38.8 Å². The third-order valence-electron chi connectivity index (χ3n) is 3.42. The molecule has 4 nitrogen and oxygen atoms in total. The van der Waals surface area contributed by atoms with Crippen LogP contribution in [0.1, 0.15) is 20.3 Å². The number of aldehydes is 1. The van der Waals surface area contributed by atoms with Gasteiger partial charge in [-0.2, -0.15) is 0 Å². The third-order valence-corrected chi connectivity index (χ3v) is 3.42. The SMILES string of the molecule is CC1CN(CC2(C=O)CCOC2)CC(C)O1. The van der Waals surface area contributed by atoms with E-state index in [1.165, 1.54) is 0 Å². The standard InChI is InChI=1S/C12H21NO3/c1-10-5-13(6-11(2)16-10)7-12(8-14)3-4-15-9-12/h8,10-11H,3-7,9H2,1-2H3. The van der Waals surface area contributed by atoms with Gasteiger partial charge in [0, 0.05) is 26.2 Å². The molecule has 0 amide bonds. The number of hydrogen-bond donors (Lipinski definition) is 0. The Hall–Kier alpha value is -0.450. The van der Waals surface area contributed by atoms with E-state index < -0.39 is 0 Å². The second kappa shape index (κ2) is 4.82. The molecule has 0 saturated carbocycles. The van der Waals surface area contributed by atoms with Crippen molar-refractivity contribution in [3.63, 3.8) is 0 Å². The lowest BCUT2D eigenvalue weighted by molar-refractivity contribution is -0.120. The van der Waals surface area contributed by atoms with E-state index in [2.05, 4.69) is 18.7 Å². The third kappa shape index (κ3) is 2.62. The predicted molar refractivity (Wildman–Crippen MR) is 60.4 cm³/mol. The van der Waals surface area contributed by atoms with Gasteiger partial charge in [0.15, 0.2) is 0 Å². The van der Waals surface area contributed by atoms with Crippen LogP contribution in [0, 0.1) is 5.41 Å². The summed E-state index contributed by atoms with van der Waals surface area (Å²) >= 11 is 0. The number of rotatable bonds is 3. The van der Waals surface area contributed by atoms with E-state index in [4.69, 9.17) is 9.47 Å². The molecule has 0 aromatic carbocycles. The van der Waals surface area contributed by atoms with Gasteiger partial charge in [0.1, 0.15) is 6.29 Å².